The topological polar surface area (TPSA) is 54.7 Å². The fourth-order valence-electron chi connectivity index (χ4n) is 4.01. The van der Waals surface area contributed by atoms with E-state index in [1.54, 1.807) is 6.07 Å². The molecule has 27 heavy (non-hydrogen) atoms. The van der Waals surface area contributed by atoms with E-state index in [9.17, 15) is 9.90 Å². The van der Waals surface area contributed by atoms with Gasteiger partial charge in [-0.05, 0) is 61.9 Å². The Morgan fingerprint density at radius 1 is 1.30 bits per heavy atom. The van der Waals surface area contributed by atoms with Crippen molar-refractivity contribution < 1.29 is 14.6 Å². The number of halogens is 2. The number of phenols is 1. The van der Waals surface area contributed by atoms with Gasteiger partial charge in [0.05, 0.1) is 22.2 Å². The highest BCUT2D eigenvalue weighted by Gasteiger charge is 2.29. The van der Waals surface area contributed by atoms with Crippen LogP contribution >= 0.6 is 28.3 Å². The van der Waals surface area contributed by atoms with Crippen molar-refractivity contribution in [2.45, 2.75) is 51.6 Å². The van der Waals surface area contributed by atoms with Crippen LogP contribution in [0.3, 0.4) is 0 Å². The van der Waals surface area contributed by atoms with Crippen LogP contribution < -0.4 is 0 Å². The van der Waals surface area contributed by atoms with Crippen molar-refractivity contribution in [1.82, 2.24) is 9.47 Å². The Morgan fingerprint density at radius 3 is 2.56 bits per heavy atom. The molecule has 2 aromatic rings. The van der Waals surface area contributed by atoms with Crippen LogP contribution in [0.25, 0.3) is 10.9 Å². The van der Waals surface area contributed by atoms with Crippen molar-refractivity contribution in [2.24, 2.45) is 0 Å². The van der Waals surface area contributed by atoms with Crippen LogP contribution in [0.4, 0.5) is 0 Å². The average molecular weight is 460 g/mol. The molecule has 0 amide bonds. The summed E-state index contributed by atoms with van der Waals surface area (Å²) in [4.78, 5) is 14.9. The van der Waals surface area contributed by atoms with E-state index in [1.165, 1.54) is 19.3 Å². The van der Waals surface area contributed by atoms with E-state index in [0.717, 1.165) is 29.4 Å². The Morgan fingerprint density at radius 2 is 1.96 bits per heavy atom. The van der Waals surface area contributed by atoms with E-state index in [1.807, 2.05) is 27.1 Å². The highest BCUT2D eigenvalue weighted by atomic mass is 79.9. The molecule has 0 radical (unpaired) electrons. The van der Waals surface area contributed by atoms with Gasteiger partial charge in [-0.2, -0.15) is 0 Å². The highest BCUT2D eigenvalue weighted by molar-refractivity contribution is 9.10. The summed E-state index contributed by atoms with van der Waals surface area (Å²) in [6, 6.07) is 3.99. The van der Waals surface area contributed by atoms with Gasteiger partial charge < -0.3 is 19.3 Å². The number of carbonyl (C=O) groups excluding carboxylic acids is 1. The van der Waals surface area contributed by atoms with Gasteiger partial charge in [0.2, 0.25) is 0 Å². The lowest BCUT2D eigenvalue weighted by atomic mass is 9.95. The molecule has 3 rings (SSSR count). The third-order valence-electron chi connectivity index (χ3n) is 5.06. The smallest absolute Gasteiger partial charge is 0.340 e. The van der Waals surface area contributed by atoms with Crippen molar-refractivity contribution >= 4 is 45.2 Å². The van der Waals surface area contributed by atoms with Gasteiger partial charge >= 0.3 is 5.97 Å². The van der Waals surface area contributed by atoms with Crippen molar-refractivity contribution in [3.05, 3.63) is 27.9 Å². The normalized spacial score (nSPS) is 15.1. The van der Waals surface area contributed by atoms with E-state index in [4.69, 9.17) is 4.74 Å². The summed E-state index contributed by atoms with van der Waals surface area (Å²) in [5.74, 6) is -0.175. The molecule has 7 heteroatoms. The zero-order chi connectivity index (χ0) is 18.8. The van der Waals surface area contributed by atoms with Gasteiger partial charge in [0.25, 0.3) is 0 Å². The minimum Gasteiger partial charge on any atom is -0.507 e. The fraction of sp³-hybridized carbons (Fsp3) is 0.550. The molecule has 1 fully saturated rings. The number of benzene rings is 1. The Balaban J connectivity index is 0.00000261. The van der Waals surface area contributed by atoms with Gasteiger partial charge in [0, 0.05) is 23.7 Å². The molecule has 0 saturated heterocycles. The molecular formula is C20H28BrClN2O3. The predicted octanol–water partition coefficient (Wildman–Crippen LogP) is 5.27. The number of ether oxygens (including phenoxy) is 1. The van der Waals surface area contributed by atoms with Crippen molar-refractivity contribution in [3.63, 3.8) is 0 Å². The Labute approximate surface area is 175 Å². The van der Waals surface area contributed by atoms with Crippen LogP contribution in [0.15, 0.2) is 16.6 Å². The Bertz CT molecular complexity index is 813. The molecule has 0 atom stereocenters. The van der Waals surface area contributed by atoms with Crippen molar-refractivity contribution in [3.8, 4) is 5.75 Å². The Hall–Kier alpha value is -1.24. The summed E-state index contributed by atoms with van der Waals surface area (Å²) < 4.78 is 8.33. The molecule has 1 aromatic heterocycles. The highest BCUT2D eigenvalue weighted by Crippen LogP contribution is 2.40. The monoisotopic (exact) mass is 458 g/mol. The van der Waals surface area contributed by atoms with Crippen LogP contribution in [0.2, 0.25) is 0 Å². The Kier molecular flexibility index (Phi) is 7.60. The number of nitrogens with zero attached hydrogens (tertiary/aromatic N) is 2. The number of aromatic nitrogens is 1. The number of esters is 1. The van der Waals surface area contributed by atoms with Crippen LogP contribution in [-0.2, 0) is 11.3 Å². The van der Waals surface area contributed by atoms with E-state index in [2.05, 4.69) is 25.4 Å². The molecule has 150 valence electrons. The zero-order valence-corrected chi connectivity index (χ0v) is 18.5. The third kappa shape index (κ3) is 4.44. The number of rotatable bonds is 5. The summed E-state index contributed by atoms with van der Waals surface area (Å²) in [6.45, 7) is 2.80. The molecule has 1 aliphatic carbocycles. The van der Waals surface area contributed by atoms with Gasteiger partial charge in [-0.25, -0.2) is 4.79 Å². The summed E-state index contributed by atoms with van der Waals surface area (Å²) in [5, 5.41) is 11.0. The first kappa shape index (κ1) is 22.1. The first-order valence-corrected chi connectivity index (χ1v) is 10.1. The molecule has 0 spiro atoms. The molecule has 1 aliphatic rings. The van der Waals surface area contributed by atoms with Crippen LogP contribution in [0, 0.1) is 0 Å². The SMILES string of the molecule is CCOC(=O)c1c(CN(C)C)n(C2CCCCC2)c2cc(Br)c(O)cc12.Cl. The van der Waals surface area contributed by atoms with Gasteiger partial charge in [0.1, 0.15) is 5.75 Å². The number of phenolic OH excluding ortho intramolecular Hbond substituents is 1. The molecule has 0 unspecified atom stereocenters. The minimum atomic E-state index is -0.314. The van der Waals surface area contributed by atoms with Crippen LogP contribution in [0.5, 0.6) is 5.75 Å². The lowest BCUT2D eigenvalue weighted by molar-refractivity contribution is 0.0526. The van der Waals surface area contributed by atoms with Crippen molar-refractivity contribution in [2.75, 3.05) is 20.7 Å². The van der Waals surface area contributed by atoms with Crippen LogP contribution in [0.1, 0.15) is 61.1 Å². The fourth-order valence-corrected chi connectivity index (χ4v) is 4.35. The second kappa shape index (κ2) is 9.30. The number of hydrogen-bond acceptors (Lipinski definition) is 4. The lowest BCUT2D eigenvalue weighted by Crippen LogP contribution is -2.21. The van der Waals surface area contributed by atoms with E-state index in [-0.39, 0.29) is 24.1 Å². The molecule has 1 heterocycles. The average Bonchev–Trinajstić information content (AvgIpc) is 2.88. The number of fused-ring (bicyclic) bond motifs is 1. The van der Waals surface area contributed by atoms with E-state index < -0.39 is 0 Å². The van der Waals surface area contributed by atoms with Crippen LogP contribution in [-0.4, -0.2) is 41.2 Å². The summed E-state index contributed by atoms with van der Waals surface area (Å²) in [7, 11) is 4.01. The number of carbonyl (C=O) groups is 1. The largest absolute Gasteiger partial charge is 0.507 e. The van der Waals surface area contributed by atoms with E-state index in [0.29, 0.717) is 29.2 Å². The molecule has 0 aliphatic heterocycles. The quantitative estimate of drug-likeness (QED) is 0.618. The second-order valence-electron chi connectivity index (χ2n) is 7.26. The maximum Gasteiger partial charge on any atom is 0.340 e. The minimum absolute atomic E-state index is 0. The van der Waals surface area contributed by atoms with Crippen molar-refractivity contribution in [1.29, 1.82) is 0 Å². The summed E-state index contributed by atoms with van der Waals surface area (Å²) in [5.41, 5.74) is 2.55. The maximum atomic E-state index is 12.8. The molecule has 1 aromatic carbocycles. The lowest BCUT2D eigenvalue weighted by Gasteiger charge is -2.27. The van der Waals surface area contributed by atoms with Gasteiger partial charge in [-0.1, -0.05) is 19.3 Å². The molecule has 1 saturated carbocycles. The second-order valence-corrected chi connectivity index (χ2v) is 8.12. The number of aromatic hydroxyl groups is 1. The molecule has 5 nitrogen and oxygen atoms in total. The molecular weight excluding hydrogens is 432 g/mol. The standard InChI is InChI=1S/C20H27BrN2O3.ClH/c1-4-26-20(25)19-14-10-18(24)15(21)11-16(14)23(17(19)12-22(2)3)13-8-6-5-7-9-13;/h10-11,13,24H,4-9,12H2,1-3H3;1H. The first-order chi connectivity index (χ1) is 12.4. The summed E-state index contributed by atoms with van der Waals surface area (Å²) in [6.07, 6.45) is 5.92. The predicted molar refractivity (Wildman–Crippen MR) is 114 cm³/mol. The van der Waals surface area contributed by atoms with Gasteiger partial charge in [-0.15, -0.1) is 12.4 Å². The zero-order valence-electron chi connectivity index (χ0n) is 16.1. The first-order valence-electron chi connectivity index (χ1n) is 9.31. The molecule has 1 N–H and O–H groups in total. The number of hydrogen-bond donors (Lipinski definition) is 1. The van der Waals surface area contributed by atoms with E-state index >= 15 is 0 Å². The van der Waals surface area contributed by atoms with Gasteiger partial charge in [-0.3, -0.25) is 0 Å². The molecule has 0 bridgehead atoms. The summed E-state index contributed by atoms with van der Waals surface area (Å²) >= 11 is 3.44. The van der Waals surface area contributed by atoms with Gasteiger partial charge in [0.15, 0.2) is 0 Å². The maximum absolute atomic E-state index is 12.8. The third-order valence-corrected chi connectivity index (χ3v) is 5.69.